The van der Waals surface area contributed by atoms with E-state index in [1.807, 2.05) is 6.92 Å². The molecule has 2 atom stereocenters. The van der Waals surface area contributed by atoms with Crippen LogP contribution in [0.5, 0.6) is 5.88 Å². The molecule has 2 rings (SSSR count). The third-order valence-electron chi connectivity index (χ3n) is 4.27. The van der Waals surface area contributed by atoms with Crippen LogP contribution in [-0.4, -0.2) is 11.1 Å². The Balaban J connectivity index is 2.21. The van der Waals surface area contributed by atoms with Gasteiger partial charge in [0.15, 0.2) is 0 Å². The van der Waals surface area contributed by atoms with Crippen molar-refractivity contribution in [3.63, 3.8) is 0 Å². The summed E-state index contributed by atoms with van der Waals surface area (Å²) >= 11 is 0. The van der Waals surface area contributed by atoms with Crippen molar-refractivity contribution in [3.05, 3.63) is 22.9 Å². The van der Waals surface area contributed by atoms with E-state index >= 15 is 0 Å². The van der Waals surface area contributed by atoms with Crippen LogP contribution in [0.1, 0.15) is 56.9 Å². The number of pyridine rings is 1. The molecule has 0 aromatic carbocycles. The smallest absolute Gasteiger partial charge is 0.218 e. The summed E-state index contributed by atoms with van der Waals surface area (Å²) < 4.78 is 6.25. The van der Waals surface area contributed by atoms with Crippen LogP contribution in [-0.2, 0) is 6.54 Å². The molecule has 1 aromatic heterocycles. The van der Waals surface area contributed by atoms with Crippen molar-refractivity contribution in [1.82, 2.24) is 4.98 Å². The summed E-state index contributed by atoms with van der Waals surface area (Å²) in [6.45, 7) is 11.6. The Hall–Kier alpha value is -1.09. The van der Waals surface area contributed by atoms with Gasteiger partial charge in [-0.3, -0.25) is 0 Å². The van der Waals surface area contributed by atoms with Crippen molar-refractivity contribution >= 4 is 0 Å². The fraction of sp³-hybridized carbons (Fsp3) is 0.706. The molecule has 1 heterocycles. The molecule has 0 amide bonds. The van der Waals surface area contributed by atoms with Crippen molar-refractivity contribution in [2.45, 2.75) is 66.5 Å². The number of hydrogen-bond acceptors (Lipinski definition) is 3. The lowest BCUT2D eigenvalue weighted by Gasteiger charge is -2.38. The second-order valence-electron chi connectivity index (χ2n) is 7.22. The average Bonchev–Trinajstić information content (AvgIpc) is 2.25. The van der Waals surface area contributed by atoms with Crippen molar-refractivity contribution in [1.29, 1.82) is 0 Å². The van der Waals surface area contributed by atoms with Gasteiger partial charge in [-0.25, -0.2) is 4.98 Å². The van der Waals surface area contributed by atoms with Crippen molar-refractivity contribution in [3.8, 4) is 5.88 Å². The molecular weight excluding hydrogens is 248 g/mol. The summed E-state index contributed by atoms with van der Waals surface area (Å²) in [6, 6.07) is 2.07. The average molecular weight is 276 g/mol. The minimum atomic E-state index is 0.257. The van der Waals surface area contributed by atoms with E-state index in [1.165, 1.54) is 12.0 Å². The molecule has 1 aliphatic carbocycles. The predicted octanol–water partition coefficient (Wildman–Crippen LogP) is 3.75. The molecule has 0 radical (unpaired) electrons. The van der Waals surface area contributed by atoms with Crippen molar-refractivity contribution < 1.29 is 4.74 Å². The summed E-state index contributed by atoms with van der Waals surface area (Å²) in [7, 11) is 0. The van der Waals surface area contributed by atoms with E-state index in [1.54, 1.807) is 0 Å². The Morgan fingerprint density at radius 2 is 2.05 bits per heavy atom. The summed E-state index contributed by atoms with van der Waals surface area (Å²) in [5.41, 5.74) is 9.44. The third-order valence-corrected chi connectivity index (χ3v) is 4.27. The van der Waals surface area contributed by atoms with Gasteiger partial charge in [0.2, 0.25) is 5.88 Å². The molecule has 1 aliphatic rings. The SMILES string of the molecule is Cc1cc(C)c(CN)c(OC2CC(C)CC(C)(C)C2)n1. The van der Waals surface area contributed by atoms with E-state index in [0.717, 1.165) is 30.0 Å². The van der Waals surface area contributed by atoms with Crippen molar-refractivity contribution in [2.75, 3.05) is 0 Å². The summed E-state index contributed by atoms with van der Waals surface area (Å²) in [5, 5.41) is 0. The minimum absolute atomic E-state index is 0.257. The van der Waals surface area contributed by atoms with Crippen LogP contribution in [0.25, 0.3) is 0 Å². The molecule has 112 valence electrons. The normalized spacial score (nSPS) is 25.5. The molecule has 0 aliphatic heterocycles. The highest BCUT2D eigenvalue weighted by Gasteiger charge is 2.33. The maximum absolute atomic E-state index is 6.25. The van der Waals surface area contributed by atoms with Crippen LogP contribution in [0, 0.1) is 25.2 Å². The number of nitrogens with zero attached hydrogens (tertiary/aromatic N) is 1. The van der Waals surface area contributed by atoms with Crippen LogP contribution >= 0.6 is 0 Å². The number of nitrogens with two attached hydrogens (primary N) is 1. The third kappa shape index (κ3) is 3.51. The molecule has 0 spiro atoms. The van der Waals surface area contributed by atoms with E-state index < -0.39 is 0 Å². The minimum Gasteiger partial charge on any atom is -0.474 e. The molecule has 1 fully saturated rings. The molecule has 20 heavy (non-hydrogen) atoms. The van der Waals surface area contributed by atoms with Crippen LogP contribution < -0.4 is 10.5 Å². The van der Waals surface area contributed by atoms with Gasteiger partial charge in [-0.15, -0.1) is 0 Å². The lowest BCUT2D eigenvalue weighted by atomic mass is 9.71. The second-order valence-corrected chi connectivity index (χ2v) is 7.22. The zero-order valence-electron chi connectivity index (χ0n) is 13.5. The molecule has 2 N–H and O–H groups in total. The van der Waals surface area contributed by atoms with Gasteiger partial charge < -0.3 is 10.5 Å². The Bertz CT molecular complexity index is 482. The topological polar surface area (TPSA) is 48.1 Å². The van der Waals surface area contributed by atoms with Crippen molar-refractivity contribution in [2.24, 2.45) is 17.1 Å². The highest BCUT2D eigenvalue weighted by Crippen LogP contribution is 2.40. The number of aromatic nitrogens is 1. The molecule has 0 bridgehead atoms. The van der Waals surface area contributed by atoms with Crippen LogP contribution in [0.4, 0.5) is 0 Å². The first-order valence-corrected chi connectivity index (χ1v) is 7.64. The number of rotatable bonds is 3. The highest BCUT2D eigenvalue weighted by atomic mass is 16.5. The monoisotopic (exact) mass is 276 g/mol. The molecule has 2 unspecified atom stereocenters. The number of hydrogen-bond donors (Lipinski definition) is 1. The maximum atomic E-state index is 6.25. The maximum Gasteiger partial charge on any atom is 0.218 e. The van der Waals surface area contributed by atoms with E-state index in [9.17, 15) is 0 Å². The van der Waals surface area contributed by atoms with Gasteiger partial charge in [0.25, 0.3) is 0 Å². The first-order valence-electron chi connectivity index (χ1n) is 7.64. The van der Waals surface area contributed by atoms with Gasteiger partial charge in [0.05, 0.1) is 0 Å². The first kappa shape index (κ1) is 15.3. The molecular formula is C17H28N2O. The lowest BCUT2D eigenvalue weighted by Crippen LogP contribution is -2.34. The quantitative estimate of drug-likeness (QED) is 0.914. The fourth-order valence-corrected chi connectivity index (χ4v) is 3.68. The van der Waals surface area contributed by atoms with Gasteiger partial charge in [0.1, 0.15) is 6.10 Å². The van der Waals surface area contributed by atoms with E-state index in [2.05, 4.69) is 38.7 Å². The number of ether oxygens (including phenoxy) is 1. The van der Waals surface area contributed by atoms with E-state index in [4.69, 9.17) is 10.5 Å². The summed E-state index contributed by atoms with van der Waals surface area (Å²) in [6.07, 6.45) is 3.74. The van der Waals surface area contributed by atoms with Gasteiger partial charge in [-0.1, -0.05) is 20.8 Å². The van der Waals surface area contributed by atoms with E-state index in [0.29, 0.717) is 17.9 Å². The zero-order chi connectivity index (χ0) is 14.9. The standard InChI is InChI=1S/C17H28N2O/c1-11-6-14(9-17(4,5)8-11)20-16-15(10-18)12(2)7-13(3)19-16/h7,11,14H,6,8-10,18H2,1-5H3. The van der Waals surface area contributed by atoms with Gasteiger partial charge in [-0.05, 0) is 56.1 Å². The Kier molecular flexibility index (Phi) is 4.38. The summed E-state index contributed by atoms with van der Waals surface area (Å²) in [4.78, 5) is 4.57. The molecule has 1 saturated carbocycles. The van der Waals surface area contributed by atoms with E-state index in [-0.39, 0.29) is 6.10 Å². The summed E-state index contributed by atoms with van der Waals surface area (Å²) in [5.74, 6) is 1.45. The fourth-order valence-electron chi connectivity index (χ4n) is 3.68. The second kappa shape index (κ2) is 5.72. The van der Waals surface area contributed by atoms with Gasteiger partial charge >= 0.3 is 0 Å². The Labute approximate surface area is 122 Å². The van der Waals surface area contributed by atoms with Crippen LogP contribution in [0.15, 0.2) is 6.07 Å². The molecule has 3 heteroatoms. The highest BCUT2D eigenvalue weighted by molar-refractivity contribution is 5.35. The first-order chi connectivity index (χ1) is 9.30. The van der Waals surface area contributed by atoms with Gasteiger partial charge in [-0.2, -0.15) is 0 Å². The largest absolute Gasteiger partial charge is 0.474 e. The Morgan fingerprint density at radius 3 is 2.65 bits per heavy atom. The molecule has 0 saturated heterocycles. The molecule has 3 nitrogen and oxygen atoms in total. The van der Waals surface area contributed by atoms with Crippen LogP contribution in [0.2, 0.25) is 0 Å². The van der Waals surface area contributed by atoms with Gasteiger partial charge in [0, 0.05) is 17.8 Å². The van der Waals surface area contributed by atoms with Crippen LogP contribution in [0.3, 0.4) is 0 Å². The lowest BCUT2D eigenvalue weighted by molar-refractivity contribution is 0.0524. The predicted molar refractivity (Wildman–Crippen MR) is 82.8 cm³/mol. The Morgan fingerprint density at radius 1 is 1.35 bits per heavy atom. The zero-order valence-corrected chi connectivity index (χ0v) is 13.5. The molecule has 1 aromatic rings. The number of aryl methyl sites for hydroxylation is 2.